The fraction of sp³-hybridized carbons (Fsp3) is 0.857. The first-order valence-electron chi connectivity index (χ1n) is 4.57. The number of carbonyl (C=O) groups excluding carboxylic acids is 1. The summed E-state index contributed by atoms with van der Waals surface area (Å²) in [6.07, 6.45) is 0.810. The molecule has 0 spiro atoms. The van der Waals surface area contributed by atoms with Gasteiger partial charge in [0, 0.05) is 6.26 Å². The van der Waals surface area contributed by atoms with Crippen LogP contribution in [-0.2, 0) is 24.7 Å². The molecule has 2 N–H and O–H groups in total. The third-order valence-corrected chi connectivity index (χ3v) is 4.22. The fourth-order valence-corrected chi connectivity index (χ4v) is 3.04. The van der Waals surface area contributed by atoms with Crippen LogP contribution in [0.2, 0.25) is 0 Å². The van der Waals surface area contributed by atoms with Gasteiger partial charge in [-0.2, -0.15) is 0 Å². The molecule has 102 valence electrons. The van der Waals surface area contributed by atoms with Crippen LogP contribution in [0.5, 0.6) is 0 Å². The van der Waals surface area contributed by atoms with Gasteiger partial charge in [-0.15, -0.1) is 0 Å². The van der Waals surface area contributed by atoms with E-state index in [1.165, 1.54) is 0 Å². The number of aliphatic hydroxyl groups is 1. The average molecular weight is 295 g/mol. The molecule has 0 aromatic rings. The monoisotopic (exact) mass is 295 g/mol. The maximum absolute atomic E-state index is 11.3. The number of hydrogen-bond acceptors (Lipinski definition) is 7. The van der Waals surface area contributed by atoms with Crippen molar-refractivity contribution >= 4 is 25.8 Å². The van der Waals surface area contributed by atoms with E-state index in [1.54, 1.807) is 4.72 Å². The van der Waals surface area contributed by atoms with Crippen LogP contribution in [0.1, 0.15) is 6.42 Å². The molecule has 8 nitrogen and oxygen atoms in total. The second-order valence-corrected chi connectivity index (χ2v) is 7.61. The maximum atomic E-state index is 11.3. The third-order valence-electron chi connectivity index (χ3n) is 1.72. The Morgan fingerprint density at radius 1 is 1.28 bits per heavy atom. The van der Waals surface area contributed by atoms with E-state index in [1.807, 2.05) is 0 Å². The molecule has 1 atom stereocenters. The summed E-state index contributed by atoms with van der Waals surface area (Å²) in [6, 6.07) is -1.72. The van der Waals surface area contributed by atoms with Gasteiger partial charge >= 0.3 is 18.9 Å². The van der Waals surface area contributed by atoms with Gasteiger partial charge in [0.1, 0.15) is 9.84 Å². The van der Waals surface area contributed by atoms with Gasteiger partial charge in [-0.05, 0) is 6.42 Å². The standard InChI is InChI=1S/C7H15NO7S2.Li/c1-16(12,13)3-2-4-17(14,15)8-6(5-9)7(10)11;/h6,8-9H,2-5H2,1H3,(H,10,11);/q;+1/p-1. The van der Waals surface area contributed by atoms with E-state index in [0.29, 0.717) is 0 Å². The van der Waals surface area contributed by atoms with Crippen molar-refractivity contribution in [2.24, 2.45) is 0 Å². The Kier molecular flexibility index (Phi) is 9.14. The van der Waals surface area contributed by atoms with Crippen molar-refractivity contribution in [2.75, 3.05) is 24.4 Å². The number of nitrogens with one attached hydrogen (secondary N) is 1. The first-order chi connectivity index (χ1) is 7.57. The van der Waals surface area contributed by atoms with Gasteiger partial charge in [0.2, 0.25) is 10.0 Å². The van der Waals surface area contributed by atoms with Crippen LogP contribution in [0.4, 0.5) is 0 Å². The Hall–Kier alpha value is -0.113. The molecule has 0 aliphatic rings. The summed E-state index contributed by atoms with van der Waals surface area (Å²) in [5.74, 6) is -2.61. The number of sulfone groups is 1. The number of rotatable bonds is 8. The summed E-state index contributed by atoms with van der Waals surface area (Å²) in [6.45, 7) is -0.937. The number of hydrogen-bond donors (Lipinski definition) is 2. The third kappa shape index (κ3) is 9.87. The van der Waals surface area contributed by atoms with Crippen molar-refractivity contribution in [3.8, 4) is 0 Å². The number of carboxylic acid groups (broad SMARTS) is 1. The van der Waals surface area contributed by atoms with Crippen molar-refractivity contribution in [2.45, 2.75) is 12.5 Å². The molecule has 0 heterocycles. The second kappa shape index (κ2) is 8.14. The topological polar surface area (TPSA) is 141 Å². The average Bonchev–Trinajstić information content (AvgIpc) is 2.11. The Labute approximate surface area is 118 Å². The number of aliphatic carboxylic acids is 1. The molecular formula is C7H14LiNO7S2. The van der Waals surface area contributed by atoms with Crippen molar-refractivity contribution in [3.63, 3.8) is 0 Å². The zero-order chi connectivity index (χ0) is 13.7. The Balaban J connectivity index is 0. The van der Waals surface area contributed by atoms with Crippen LogP contribution in [0, 0.1) is 0 Å². The van der Waals surface area contributed by atoms with Gasteiger partial charge in [0.15, 0.2) is 0 Å². The van der Waals surface area contributed by atoms with Gasteiger partial charge in [-0.3, -0.25) is 0 Å². The molecule has 0 fully saturated rings. The normalized spacial score (nSPS) is 13.7. The van der Waals surface area contributed by atoms with Crippen molar-refractivity contribution in [3.05, 3.63) is 0 Å². The molecule has 0 saturated heterocycles. The van der Waals surface area contributed by atoms with Crippen LogP contribution in [-0.4, -0.2) is 58.3 Å². The maximum Gasteiger partial charge on any atom is 1.00 e. The number of aliphatic hydroxyl groups excluding tert-OH is 1. The fourth-order valence-electron chi connectivity index (χ4n) is 0.947. The number of sulfonamides is 1. The minimum Gasteiger partial charge on any atom is -0.548 e. The smallest absolute Gasteiger partial charge is 0.548 e. The molecule has 0 aromatic heterocycles. The van der Waals surface area contributed by atoms with E-state index in [-0.39, 0.29) is 31.0 Å². The van der Waals surface area contributed by atoms with E-state index in [4.69, 9.17) is 5.11 Å². The molecule has 18 heavy (non-hydrogen) atoms. The minimum absolute atomic E-state index is 0. The zero-order valence-electron chi connectivity index (χ0n) is 10.1. The Morgan fingerprint density at radius 2 is 1.78 bits per heavy atom. The molecule has 1 unspecified atom stereocenters. The van der Waals surface area contributed by atoms with Crippen LogP contribution >= 0.6 is 0 Å². The van der Waals surface area contributed by atoms with Crippen molar-refractivity contribution < 1.29 is 50.7 Å². The van der Waals surface area contributed by atoms with Gasteiger partial charge < -0.3 is 15.0 Å². The molecule has 0 saturated carbocycles. The molecule has 0 amide bonds. The first kappa shape index (κ1) is 20.2. The first-order valence-corrected chi connectivity index (χ1v) is 8.28. The van der Waals surface area contributed by atoms with Crippen molar-refractivity contribution in [1.82, 2.24) is 4.72 Å². The van der Waals surface area contributed by atoms with E-state index >= 15 is 0 Å². The van der Waals surface area contributed by atoms with Gasteiger partial charge in [0.25, 0.3) is 0 Å². The van der Waals surface area contributed by atoms with E-state index in [9.17, 15) is 26.7 Å². The minimum atomic E-state index is -3.96. The predicted molar refractivity (Wildman–Crippen MR) is 57.1 cm³/mol. The summed E-state index contributed by atoms with van der Waals surface area (Å²) < 4.78 is 45.7. The quantitative estimate of drug-likeness (QED) is 0.424. The summed E-state index contributed by atoms with van der Waals surface area (Å²) in [7, 11) is -7.22. The summed E-state index contributed by atoms with van der Waals surface area (Å²) in [4.78, 5) is 10.3. The van der Waals surface area contributed by atoms with Crippen LogP contribution in [0.15, 0.2) is 0 Å². The largest absolute Gasteiger partial charge is 1.00 e. The van der Waals surface area contributed by atoms with E-state index < -0.39 is 44.2 Å². The molecule has 0 aromatic carbocycles. The van der Waals surface area contributed by atoms with Gasteiger partial charge in [0.05, 0.1) is 30.1 Å². The number of carbonyl (C=O) groups is 1. The summed E-state index contributed by atoms with van der Waals surface area (Å²) >= 11 is 0. The van der Waals surface area contributed by atoms with Crippen LogP contribution in [0.25, 0.3) is 0 Å². The second-order valence-electron chi connectivity index (χ2n) is 3.47. The Bertz CT molecular complexity index is 458. The zero-order valence-corrected chi connectivity index (χ0v) is 11.8. The predicted octanol–water partition coefficient (Wildman–Crippen LogP) is -6.54. The number of carboxylic acids is 1. The molecule has 0 aliphatic carbocycles. The molecular weight excluding hydrogens is 281 g/mol. The van der Waals surface area contributed by atoms with E-state index in [2.05, 4.69) is 0 Å². The molecule has 11 heteroatoms. The molecule has 0 bridgehead atoms. The Morgan fingerprint density at radius 3 is 2.11 bits per heavy atom. The van der Waals surface area contributed by atoms with Crippen LogP contribution < -0.4 is 28.7 Å². The summed E-state index contributed by atoms with van der Waals surface area (Å²) in [5, 5.41) is 18.9. The molecule has 0 aliphatic heterocycles. The molecule has 0 radical (unpaired) electrons. The van der Waals surface area contributed by atoms with E-state index in [0.717, 1.165) is 6.26 Å². The van der Waals surface area contributed by atoms with Gasteiger partial charge in [-0.1, -0.05) is 0 Å². The summed E-state index contributed by atoms with van der Waals surface area (Å²) in [5.41, 5.74) is 0. The van der Waals surface area contributed by atoms with Crippen molar-refractivity contribution in [1.29, 1.82) is 0 Å². The van der Waals surface area contributed by atoms with Crippen LogP contribution in [0.3, 0.4) is 0 Å². The SMILES string of the molecule is CS(=O)(=O)CCCS(=O)(=O)NC(CO)C(=O)[O-].[Li+]. The van der Waals surface area contributed by atoms with Gasteiger partial charge in [-0.25, -0.2) is 21.6 Å². The molecule has 0 rings (SSSR count).